The van der Waals surface area contributed by atoms with Gasteiger partial charge in [-0.25, -0.2) is 0 Å². The molecule has 0 aromatic rings. The molecule has 0 aliphatic heterocycles. The average Bonchev–Trinajstić information content (AvgIpc) is 3.21. The maximum atomic E-state index is 12.7. The van der Waals surface area contributed by atoms with Crippen LogP contribution in [0.5, 0.6) is 0 Å². The monoisotopic (exact) mass is 888 g/mol. The van der Waals surface area contributed by atoms with Gasteiger partial charge in [-0.05, 0) is 70.6 Å². The molecule has 4 atom stereocenters. The van der Waals surface area contributed by atoms with Crippen LogP contribution in [0.2, 0.25) is 0 Å². The summed E-state index contributed by atoms with van der Waals surface area (Å²) in [7, 11) is 0.961. The van der Waals surface area contributed by atoms with Gasteiger partial charge in [0.2, 0.25) is 0 Å². The predicted molar refractivity (Wildman–Crippen MR) is 252 cm³/mol. The number of carbonyl (C=O) groups is 2. The number of rotatable bonds is 39. The molecule has 62 heavy (non-hydrogen) atoms. The molecule has 0 radical (unpaired) electrons. The van der Waals surface area contributed by atoms with E-state index in [-0.39, 0.29) is 26.1 Å². The Labute approximate surface area is 375 Å². The molecule has 0 aromatic carbocycles. The van der Waals surface area contributed by atoms with Crippen LogP contribution in [0.15, 0.2) is 109 Å². The Morgan fingerprint density at radius 1 is 0.597 bits per heavy atom. The van der Waals surface area contributed by atoms with Gasteiger partial charge in [-0.2, -0.15) is 0 Å². The quantitative estimate of drug-likeness (QED) is 0.0152. The number of nitrogens with zero attached hydrogens (tertiary/aromatic N) is 1. The molecule has 0 aliphatic rings. The van der Waals surface area contributed by atoms with Crippen molar-refractivity contribution in [2.24, 2.45) is 0 Å². The van der Waals surface area contributed by atoms with E-state index in [0.29, 0.717) is 36.7 Å². The smallest absolute Gasteiger partial charge is 0.306 e. The largest absolute Gasteiger partial charge is 0.756 e. The van der Waals surface area contributed by atoms with E-state index in [2.05, 4.69) is 62.5 Å². The minimum absolute atomic E-state index is 0.0456. The minimum Gasteiger partial charge on any atom is -0.756 e. The number of unbranched alkanes of at least 4 members (excludes halogenated alkanes) is 5. The maximum Gasteiger partial charge on any atom is 0.306 e. The van der Waals surface area contributed by atoms with Crippen LogP contribution >= 0.6 is 7.82 Å². The molecule has 0 aliphatic carbocycles. The zero-order valence-corrected chi connectivity index (χ0v) is 39.6. The summed E-state index contributed by atoms with van der Waals surface area (Å²) in [6, 6.07) is 0. The SMILES string of the molecule is CCCCC/C=C\C/C=C\C/C=C\C/C=C\C/C=C\CCC(=O)OC[C@H](COP(=O)([O-])OCC[N+](C)(C)C)OC(=O)CCC[C@H](O)/C=C/C=C\C/C=C\C=C\[C@H](O)CCCCC. The van der Waals surface area contributed by atoms with Gasteiger partial charge in [0.05, 0.1) is 40.0 Å². The number of hydrogen-bond acceptors (Lipinski definition) is 10. The normalized spacial score (nSPS) is 15.5. The van der Waals surface area contributed by atoms with Crippen LogP contribution in [0, 0.1) is 0 Å². The molecule has 0 fully saturated rings. The highest BCUT2D eigenvalue weighted by Crippen LogP contribution is 2.38. The second-order valence-corrected chi connectivity index (χ2v) is 17.5. The summed E-state index contributed by atoms with van der Waals surface area (Å²) in [6.45, 7) is 3.71. The third-order valence-corrected chi connectivity index (χ3v) is 9.95. The highest BCUT2D eigenvalue weighted by atomic mass is 31.2. The molecular formula is C50H82NO10P. The molecule has 0 saturated heterocycles. The summed E-state index contributed by atoms with van der Waals surface area (Å²) in [5.41, 5.74) is 0. The Bertz CT molecular complexity index is 1450. The fourth-order valence-electron chi connectivity index (χ4n) is 5.32. The standard InChI is InChI=1S/C50H82NO10P/c1-6-8-10-11-12-13-14-15-16-17-18-19-20-21-22-23-27-30-34-40-49(54)58-44-48(45-60-62(56,57)59-43-42-51(3,4)5)61-50(55)41-35-39-47(53)38-33-29-26-24-25-28-32-37-46(52)36-31-9-7-2/h12-13,15-16,18-19,21-22,25-30,32-33,37-38,46-48,52-53H,6-11,14,17,20,23-24,31,34-36,39-45H2,1-5H3/b13-12-,16-15-,19-18-,22-21-,28-25-,29-26-,30-27-,37-32+,38-33+/t46-,47-,48-/m1/s1. The van der Waals surface area contributed by atoms with Gasteiger partial charge in [0, 0.05) is 12.8 Å². The van der Waals surface area contributed by atoms with Gasteiger partial charge in [-0.15, -0.1) is 0 Å². The Kier molecular flexibility index (Phi) is 38.1. The number of likely N-dealkylation sites (N-methyl/N-ethyl adjacent to an activating group) is 1. The van der Waals surface area contributed by atoms with Crippen LogP contribution in [0.3, 0.4) is 0 Å². The molecule has 352 valence electrons. The van der Waals surface area contributed by atoms with Crippen molar-refractivity contribution in [3.63, 3.8) is 0 Å². The highest BCUT2D eigenvalue weighted by Gasteiger charge is 2.22. The fraction of sp³-hybridized carbons (Fsp3) is 0.600. The molecule has 0 rings (SSSR count). The minimum atomic E-state index is -4.72. The van der Waals surface area contributed by atoms with Crippen LogP contribution in [0.4, 0.5) is 0 Å². The number of phosphoric acid groups is 1. The first kappa shape index (κ1) is 58.6. The van der Waals surface area contributed by atoms with Crippen molar-refractivity contribution in [3.8, 4) is 0 Å². The molecule has 0 heterocycles. The number of carbonyl (C=O) groups excluding carboxylic acids is 2. The van der Waals surface area contributed by atoms with E-state index in [1.54, 1.807) is 18.2 Å². The first-order valence-corrected chi connectivity index (χ1v) is 24.3. The topological polar surface area (TPSA) is 152 Å². The lowest BCUT2D eigenvalue weighted by molar-refractivity contribution is -0.870. The van der Waals surface area contributed by atoms with E-state index in [0.717, 1.165) is 51.4 Å². The van der Waals surface area contributed by atoms with Crippen molar-refractivity contribution in [1.29, 1.82) is 0 Å². The van der Waals surface area contributed by atoms with E-state index < -0.39 is 44.7 Å². The van der Waals surface area contributed by atoms with Gasteiger partial charge in [0.1, 0.15) is 19.8 Å². The van der Waals surface area contributed by atoms with Crippen molar-refractivity contribution in [2.75, 3.05) is 47.5 Å². The Hall–Kier alpha value is -3.41. The van der Waals surface area contributed by atoms with E-state index >= 15 is 0 Å². The van der Waals surface area contributed by atoms with Crippen LogP contribution < -0.4 is 4.89 Å². The molecule has 0 bridgehead atoms. The lowest BCUT2D eigenvalue weighted by atomic mass is 10.1. The zero-order valence-electron chi connectivity index (χ0n) is 38.7. The number of quaternary nitrogens is 1. The number of aliphatic hydroxyl groups is 2. The maximum absolute atomic E-state index is 12.7. The summed E-state index contributed by atoms with van der Waals surface area (Å²) < 4.78 is 33.6. The van der Waals surface area contributed by atoms with Gasteiger partial charge in [0.25, 0.3) is 7.82 Å². The molecule has 0 amide bonds. The second-order valence-electron chi connectivity index (χ2n) is 16.1. The fourth-order valence-corrected chi connectivity index (χ4v) is 6.05. The summed E-state index contributed by atoms with van der Waals surface area (Å²) in [5, 5.41) is 20.2. The van der Waals surface area contributed by atoms with Gasteiger partial charge < -0.3 is 38.1 Å². The lowest BCUT2D eigenvalue weighted by Crippen LogP contribution is -2.37. The number of allylic oxidation sites excluding steroid dienone is 16. The molecule has 0 spiro atoms. The predicted octanol–water partition coefficient (Wildman–Crippen LogP) is 10.4. The summed E-state index contributed by atoms with van der Waals surface area (Å²) in [6.07, 6.45) is 47.7. The van der Waals surface area contributed by atoms with E-state index in [1.807, 2.05) is 63.7 Å². The first-order valence-electron chi connectivity index (χ1n) is 22.8. The number of hydrogen-bond donors (Lipinski definition) is 2. The average molecular weight is 888 g/mol. The molecule has 12 heteroatoms. The van der Waals surface area contributed by atoms with E-state index in [4.69, 9.17) is 18.5 Å². The third kappa shape index (κ3) is 43.2. The van der Waals surface area contributed by atoms with Crippen molar-refractivity contribution in [2.45, 2.75) is 148 Å². The van der Waals surface area contributed by atoms with Crippen molar-refractivity contribution in [3.05, 3.63) is 109 Å². The highest BCUT2D eigenvalue weighted by molar-refractivity contribution is 7.45. The van der Waals surface area contributed by atoms with Gasteiger partial charge >= 0.3 is 11.9 Å². The van der Waals surface area contributed by atoms with Crippen molar-refractivity contribution >= 4 is 19.8 Å². The van der Waals surface area contributed by atoms with Crippen molar-refractivity contribution in [1.82, 2.24) is 0 Å². The van der Waals surface area contributed by atoms with Gasteiger partial charge in [0.15, 0.2) is 6.10 Å². The van der Waals surface area contributed by atoms with Gasteiger partial charge in [-0.3, -0.25) is 14.2 Å². The molecule has 1 unspecified atom stereocenters. The van der Waals surface area contributed by atoms with E-state index in [9.17, 15) is 29.3 Å². The number of ether oxygens (including phenoxy) is 2. The molecule has 2 N–H and O–H groups in total. The molecular weight excluding hydrogens is 806 g/mol. The first-order chi connectivity index (χ1) is 29.8. The van der Waals surface area contributed by atoms with Crippen molar-refractivity contribution < 1.29 is 52.3 Å². The summed E-state index contributed by atoms with van der Waals surface area (Å²) >= 11 is 0. The second kappa shape index (κ2) is 40.4. The summed E-state index contributed by atoms with van der Waals surface area (Å²) in [5.74, 6) is -1.17. The lowest BCUT2D eigenvalue weighted by Gasteiger charge is -2.28. The molecule has 0 saturated carbocycles. The van der Waals surface area contributed by atoms with Crippen LogP contribution in [-0.4, -0.2) is 92.5 Å². The Balaban J connectivity index is 4.72. The van der Waals surface area contributed by atoms with Gasteiger partial charge in [-0.1, -0.05) is 155 Å². The summed E-state index contributed by atoms with van der Waals surface area (Å²) in [4.78, 5) is 37.6. The third-order valence-electron chi connectivity index (χ3n) is 8.99. The van der Waals surface area contributed by atoms with Crippen LogP contribution in [0.1, 0.15) is 129 Å². The van der Waals surface area contributed by atoms with E-state index in [1.165, 1.54) is 25.7 Å². The van der Waals surface area contributed by atoms with Crippen LogP contribution in [-0.2, 0) is 32.7 Å². The molecule has 11 nitrogen and oxygen atoms in total. The number of esters is 2. The number of aliphatic hydroxyl groups excluding tert-OH is 2. The Morgan fingerprint density at radius 2 is 1.10 bits per heavy atom. The number of phosphoric ester groups is 1. The van der Waals surface area contributed by atoms with Crippen LogP contribution in [0.25, 0.3) is 0 Å². The Morgan fingerprint density at radius 3 is 1.65 bits per heavy atom. The molecule has 0 aromatic heterocycles. The zero-order chi connectivity index (χ0) is 46.0.